The van der Waals surface area contributed by atoms with Gasteiger partial charge in [-0.3, -0.25) is 9.78 Å². The normalized spacial score (nSPS) is 11.2. The summed E-state index contributed by atoms with van der Waals surface area (Å²) in [5, 5.41) is 11.2. The number of hydrogen-bond acceptors (Lipinski definition) is 3. The molecule has 1 aromatic heterocycles. The van der Waals surface area contributed by atoms with Gasteiger partial charge in [-0.05, 0) is 24.3 Å². The van der Waals surface area contributed by atoms with Gasteiger partial charge < -0.3 is 10.4 Å². The summed E-state index contributed by atoms with van der Waals surface area (Å²) in [7, 11) is 0. The van der Waals surface area contributed by atoms with Crippen molar-refractivity contribution in [1.82, 2.24) is 4.98 Å². The van der Waals surface area contributed by atoms with Gasteiger partial charge in [0.15, 0.2) is 0 Å². The zero-order valence-electron chi connectivity index (χ0n) is 10.3. The molecule has 0 saturated carbocycles. The van der Waals surface area contributed by atoms with Crippen LogP contribution in [0.2, 0.25) is 5.02 Å². The van der Waals surface area contributed by atoms with E-state index in [1.54, 1.807) is 0 Å². The Hall–Kier alpha value is -2.28. The minimum absolute atomic E-state index is 0.213. The van der Waals surface area contributed by atoms with E-state index in [-0.39, 0.29) is 11.3 Å². The van der Waals surface area contributed by atoms with Gasteiger partial charge in [-0.2, -0.15) is 13.2 Å². The van der Waals surface area contributed by atoms with Crippen LogP contribution in [0.5, 0.6) is 5.75 Å². The van der Waals surface area contributed by atoms with Crippen LogP contribution in [0.3, 0.4) is 0 Å². The standard InChI is InChI=1S/C13H8ClF3N2O2/c14-9-6-10(11(20)5-8(9)13(15,16)17)19-12(21)7-1-3-18-4-2-7/h1-6,20H,(H,19,21). The Morgan fingerprint density at radius 2 is 1.86 bits per heavy atom. The fraction of sp³-hybridized carbons (Fsp3) is 0.0769. The van der Waals surface area contributed by atoms with Crippen molar-refractivity contribution in [1.29, 1.82) is 0 Å². The number of carbonyl (C=O) groups excluding carboxylic acids is 1. The molecular formula is C13H8ClF3N2O2. The predicted octanol–water partition coefficient (Wildman–Crippen LogP) is 3.71. The van der Waals surface area contributed by atoms with Crippen molar-refractivity contribution in [2.45, 2.75) is 6.18 Å². The fourth-order valence-corrected chi connectivity index (χ4v) is 1.85. The molecule has 0 saturated heterocycles. The molecule has 0 fully saturated rings. The van der Waals surface area contributed by atoms with Crippen molar-refractivity contribution in [3.63, 3.8) is 0 Å². The van der Waals surface area contributed by atoms with Crippen molar-refractivity contribution in [3.05, 3.63) is 52.8 Å². The Balaban J connectivity index is 2.30. The topological polar surface area (TPSA) is 62.2 Å². The highest BCUT2D eigenvalue weighted by Crippen LogP contribution is 2.40. The number of halogens is 4. The van der Waals surface area contributed by atoms with Gasteiger partial charge >= 0.3 is 6.18 Å². The van der Waals surface area contributed by atoms with Crippen molar-refractivity contribution in [3.8, 4) is 5.75 Å². The first kappa shape index (κ1) is 15.1. The summed E-state index contributed by atoms with van der Waals surface area (Å²) < 4.78 is 37.8. The van der Waals surface area contributed by atoms with Crippen LogP contribution in [0, 0.1) is 0 Å². The highest BCUT2D eigenvalue weighted by atomic mass is 35.5. The third-order valence-electron chi connectivity index (χ3n) is 2.58. The molecule has 2 N–H and O–H groups in total. The van der Waals surface area contributed by atoms with Crippen molar-refractivity contribution < 1.29 is 23.1 Å². The number of phenolic OH excluding ortho intramolecular Hbond substituents is 1. The molecule has 0 spiro atoms. The zero-order valence-corrected chi connectivity index (χ0v) is 11.0. The van der Waals surface area contributed by atoms with Gasteiger partial charge in [0.25, 0.3) is 5.91 Å². The Kier molecular flexibility index (Phi) is 4.04. The van der Waals surface area contributed by atoms with Crippen LogP contribution in [-0.2, 0) is 6.18 Å². The number of phenols is 1. The first-order valence-electron chi connectivity index (χ1n) is 5.60. The number of anilines is 1. The third-order valence-corrected chi connectivity index (χ3v) is 2.89. The summed E-state index contributed by atoms with van der Waals surface area (Å²) in [6.07, 6.45) is -1.93. The average molecular weight is 317 g/mol. The van der Waals surface area contributed by atoms with Gasteiger partial charge in [0.1, 0.15) is 5.75 Å². The third kappa shape index (κ3) is 3.43. The summed E-state index contributed by atoms with van der Waals surface area (Å²) in [4.78, 5) is 15.6. The second-order valence-electron chi connectivity index (χ2n) is 4.04. The van der Waals surface area contributed by atoms with Crippen LogP contribution < -0.4 is 5.32 Å². The number of benzene rings is 1. The van der Waals surface area contributed by atoms with E-state index >= 15 is 0 Å². The van der Waals surface area contributed by atoms with Crippen LogP contribution in [0.15, 0.2) is 36.7 Å². The number of amides is 1. The predicted molar refractivity (Wildman–Crippen MR) is 70.3 cm³/mol. The van der Waals surface area contributed by atoms with E-state index in [2.05, 4.69) is 10.3 Å². The molecule has 1 amide bonds. The monoisotopic (exact) mass is 316 g/mol. The molecule has 0 aliphatic rings. The number of alkyl halides is 3. The zero-order chi connectivity index (χ0) is 15.6. The molecule has 0 aliphatic heterocycles. The molecule has 2 aromatic rings. The van der Waals surface area contributed by atoms with Crippen molar-refractivity contribution in [2.24, 2.45) is 0 Å². The minimum atomic E-state index is -4.69. The smallest absolute Gasteiger partial charge is 0.417 e. The van der Waals surface area contributed by atoms with Crippen LogP contribution in [0.25, 0.3) is 0 Å². The average Bonchev–Trinajstić information content (AvgIpc) is 2.42. The molecule has 0 radical (unpaired) electrons. The van der Waals surface area contributed by atoms with Crippen LogP contribution in [0.4, 0.5) is 18.9 Å². The Morgan fingerprint density at radius 1 is 1.24 bits per heavy atom. The Bertz CT molecular complexity index is 675. The lowest BCUT2D eigenvalue weighted by atomic mass is 10.1. The Morgan fingerprint density at radius 3 is 2.43 bits per heavy atom. The van der Waals surface area contributed by atoms with Gasteiger partial charge in [-0.15, -0.1) is 0 Å². The van der Waals surface area contributed by atoms with Crippen LogP contribution in [0.1, 0.15) is 15.9 Å². The number of nitrogens with one attached hydrogen (secondary N) is 1. The molecule has 21 heavy (non-hydrogen) atoms. The second kappa shape index (κ2) is 5.61. The second-order valence-corrected chi connectivity index (χ2v) is 4.44. The molecular weight excluding hydrogens is 309 g/mol. The maximum Gasteiger partial charge on any atom is 0.417 e. The van der Waals surface area contributed by atoms with E-state index in [0.29, 0.717) is 6.07 Å². The van der Waals surface area contributed by atoms with Crippen LogP contribution >= 0.6 is 11.6 Å². The molecule has 4 nitrogen and oxygen atoms in total. The van der Waals surface area contributed by atoms with Crippen molar-refractivity contribution >= 4 is 23.2 Å². The summed E-state index contributed by atoms with van der Waals surface area (Å²) in [5.74, 6) is -1.34. The maximum absolute atomic E-state index is 12.6. The minimum Gasteiger partial charge on any atom is -0.506 e. The summed E-state index contributed by atoms with van der Waals surface area (Å²) in [6, 6.07) is 4.14. The number of nitrogens with zero attached hydrogens (tertiary/aromatic N) is 1. The summed E-state index contributed by atoms with van der Waals surface area (Å²) in [6.45, 7) is 0. The summed E-state index contributed by atoms with van der Waals surface area (Å²) >= 11 is 5.52. The molecule has 0 unspecified atom stereocenters. The number of hydrogen-bond donors (Lipinski definition) is 2. The van der Waals surface area contributed by atoms with Crippen molar-refractivity contribution in [2.75, 3.05) is 5.32 Å². The first-order chi connectivity index (χ1) is 9.79. The number of aromatic nitrogens is 1. The van der Waals surface area contributed by atoms with Gasteiger partial charge in [0, 0.05) is 18.0 Å². The number of carbonyl (C=O) groups is 1. The molecule has 0 aliphatic carbocycles. The van der Waals surface area contributed by atoms with Gasteiger partial charge in [0.2, 0.25) is 0 Å². The number of aromatic hydroxyl groups is 1. The molecule has 1 heterocycles. The molecule has 110 valence electrons. The lowest BCUT2D eigenvalue weighted by molar-refractivity contribution is -0.137. The van der Waals surface area contributed by atoms with E-state index in [4.69, 9.17) is 11.6 Å². The lowest BCUT2D eigenvalue weighted by Gasteiger charge is -2.13. The molecule has 0 atom stereocenters. The largest absolute Gasteiger partial charge is 0.506 e. The SMILES string of the molecule is O=C(Nc1cc(Cl)c(C(F)(F)F)cc1O)c1ccncc1. The van der Waals surface area contributed by atoms with E-state index in [0.717, 1.165) is 6.07 Å². The van der Waals surface area contributed by atoms with Gasteiger partial charge in [-0.1, -0.05) is 11.6 Å². The van der Waals surface area contributed by atoms with Gasteiger partial charge in [-0.25, -0.2) is 0 Å². The van der Waals surface area contributed by atoms with E-state index in [1.807, 2.05) is 0 Å². The summed E-state index contributed by atoms with van der Waals surface area (Å²) in [5.41, 5.74) is -1.15. The van der Waals surface area contributed by atoms with E-state index in [9.17, 15) is 23.1 Å². The highest BCUT2D eigenvalue weighted by Gasteiger charge is 2.34. The highest BCUT2D eigenvalue weighted by molar-refractivity contribution is 6.32. The Labute approximate surface area is 122 Å². The quantitative estimate of drug-likeness (QED) is 0.830. The molecule has 0 bridgehead atoms. The molecule has 2 rings (SSSR count). The molecule has 1 aromatic carbocycles. The first-order valence-corrected chi connectivity index (χ1v) is 5.98. The van der Waals surface area contributed by atoms with Crippen LogP contribution in [-0.4, -0.2) is 16.0 Å². The molecule has 8 heteroatoms. The number of pyridine rings is 1. The maximum atomic E-state index is 12.6. The lowest BCUT2D eigenvalue weighted by Crippen LogP contribution is -2.13. The fourth-order valence-electron chi connectivity index (χ4n) is 1.58. The number of rotatable bonds is 2. The van der Waals surface area contributed by atoms with Gasteiger partial charge in [0.05, 0.1) is 16.3 Å². The van der Waals surface area contributed by atoms with E-state index < -0.39 is 28.4 Å². The van der Waals surface area contributed by atoms with E-state index in [1.165, 1.54) is 24.5 Å².